The van der Waals surface area contributed by atoms with E-state index < -0.39 is 23.7 Å². The highest BCUT2D eigenvalue weighted by atomic mass is 35.5. The molecule has 4 nitrogen and oxygen atoms in total. The smallest absolute Gasteiger partial charge is 0.399 e. The molecule has 2 aliphatic heterocycles. The highest BCUT2D eigenvalue weighted by Gasteiger charge is 2.55. The van der Waals surface area contributed by atoms with Crippen molar-refractivity contribution in [3.8, 4) is 0 Å². The van der Waals surface area contributed by atoms with Crippen molar-refractivity contribution < 1.29 is 14.1 Å². The Morgan fingerprint density at radius 2 is 1.55 bits per heavy atom. The third-order valence-electron chi connectivity index (χ3n) is 8.47. The maximum atomic E-state index is 13.8. The molecule has 2 fully saturated rings. The van der Waals surface area contributed by atoms with Gasteiger partial charge in [-0.05, 0) is 75.5 Å². The highest BCUT2D eigenvalue weighted by Crippen LogP contribution is 2.54. The summed E-state index contributed by atoms with van der Waals surface area (Å²) in [6.07, 6.45) is 5.62. The summed E-state index contributed by atoms with van der Waals surface area (Å²) in [4.78, 5) is 13.8. The van der Waals surface area contributed by atoms with E-state index in [2.05, 4.69) is 63.3 Å². The molecule has 6 heteroatoms. The quantitative estimate of drug-likeness (QED) is 0.586. The first-order valence-electron chi connectivity index (χ1n) is 12.1. The number of hydrogen-bond donors (Lipinski definition) is 1. The van der Waals surface area contributed by atoms with Crippen LogP contribution in [0.3, 0.4) is 0 Å². The molecule has 1 atom stereocenters. The van der Waals surface area contributed by atoms with Crippen molar-refractivity contribution >= 4 is 35.8 Å². The van der Waals surface area contributed by atoms with Gasteiger partial charge in [-0.15, -0.1) is 0 Å². The summed E-state index contributed by atoms with van der Waals surface area (Å²) >= 11 is 6.67. The second-order valence-corrected chi connectivity index (χ2v) is 11.3. The maximum absolute atomic E-state index is 13.8. The van der Waals surface area contributed by atoms with Crippen molar-refractivity contribution in [3.05, 3.63) is 58.1 Å². The van der Waals surface area contributed by atoms with Gasteiger partial charge in [-0.1, -0.05) is 67.3 Å². The van der Waals surface area contributed by atoms with E-state index in [1.165, 1.54) is 6.42 Å². The van der Waals surface area contributed by atoms with Crippen LogP contribution in [0, 0.1) is 12.8 Å². The summed E-state index contributed by atoms with van der Waals surface area (Å²) in [6, 6.07) is 12.4. The van der Waals surface area contributed by atoms with Crippen LogP contribution in [0.25, 0.3) is 0 Å². The number of aryl methyl sites for hydroxylation is 1. The third kappa shape index (κ3) is 3.38. The fraction of sp³-hybridized carbons (Fsp3) is 0.519. The van der Waals surface area contributed by atoms with Crippen molar-refractivity contribution in [2.24, 2.45) is 5.92 Å². The number of nitrogens with one attached hydrogen (secondary N) is 1. The first-order valence-corrected chi connectivity index (χ1v) is 12.5. The second-order valence-electron chi connectivity index (χ2n) is 10.9. The number of benzene rings is 2. The molecule has 2 heterocycles. The van der Waals surface area contributed by atoms with E-state index in [-0.39, 0.29) is 11.8 Å². The Kier molecular flexibility index (Phi) is 5.47. The zero-order chi connectivity index (χ0) is 23.6. The lowest BCUT2D eigenvalue weighted by Crippen LogP contribution is -2.44. The summed E-state index contributed by atoms with van der Waals surface area (Å²) in [7, 11) is -0.420. The summed E-state index contributed by atoms with van der Waals surface area (Å²) in [5.41, 5.74) is 3.26. The fourth-order valence-electron chi connectivity index (χ4n) is 5.81. The van der Waals surface area contributed by atoms with Gasteiger partial charge in [-0.2, -0.15) is 0 Å². The van der Waals surface area contributed by atoms with Crippen LogP contribution >= 0.6 is 11.6 Å². The molecule has 5 rings (SSSR count). The minimum absolute atomic E-state index is 0.0419. The van der Waals surface area contributed by atoms with Crippen molar-refractivity contribution in [3.63, 3.8) is 0 Å². The summed E-state index contributed by atoms with van der Waals surface area (Å²) in [6.45, 7) is 10.2. The Balaban J connectivity index is 1.59. The Hall–Kier alpha value is -1.82. The lowest BCUT2D eigenvalue weighted by atomic mass is 9.61. The van der Waals surface area contributed by atoms with Gasteiger partial charge in [-0.25, -0.2) is 0 Å². The average Bonchev–Trinajstić information content (AvgIpc) is 3.21. The van der Waals surface area contributed by atoms with Gasteiger partial charge in [0.15, 0.2) is 0 Å². The Labute approximate surface area is 202 Å². The molecule has 0 aromatic heterocycles. The predicted octanol–water partition coefficient (Wildman–Crippen LogP) is 5.77. The standard InChI is InChI=1S/C27H33BClNO3/c1-17-11-16-21-23(22(17)29)30-24(31)27(21,18-9-7-6-8-10-18)19-12-14-20(15-13-19)28-32-25(2,3)26(4,5)33-28/h11-16,18H,6-10H2,1-5H3,(H,30,31). The van der Waals surface area contributed by atoms with Gasteiger partial charge in [0.25, 0.3) is 0 Å². The molecule has 1 unspecified atom stereocenters. The van der Waals surface area contributed by atoms with Gasteiger partial charge >= 0.3 is 7.12 Å². The number of amides is 1. The molecule has 2 aromatic rings. The molecule has 33 heavy (non-hydrogen) atoms. The number of rotatable bonds is 3. The first kappa shape index (κ1) is 23.0. The monoisotopic (exact) mass is 465 g/mol. The van der Waals surface area contributed by atoms with Crippen LogP contribution in [0.15, 0.2) is 36.4 Å². The van der Waals surface area contributed by atoms with E-state index in [1.807, 2.05) is 13.0 Å². The Morgan fingerprint density at radius 1 is 0.939 bits per heavy atom. The van der Waals surface area contributed by atoms with Gasteiger partial charge in [0, 0.05) is 0 Å². The molecule has 174 valence electrons. The van der Waals surface area contributed by atoms with Crippen molar-refractivity contribution in [1.82, 2.24) is 0 Å². The van der Waals surface area contributed by atoms with Gasteiger partial charge in [0.1, 0.15) is 5.41 Å². The van der Waals surface area contributed by atoms with Crippen LogP contribution < -0.4 is 10.8 Å². The van der Waals surface area contributed by atoms with Crippen molar-refractivity contribution in [1.29, 1.82) is 0 Å². The maximum Gasteiger partial charge on any atom is 0.494 e. The first-order chi connectivity index (χ1) is 15.6. The third-order valence-corrected chi connectivity index (χ3v) is 8.95. The summed E-state index contributed by atoms with van der Waals surface area (Å²) in [5.74, 6) is 0.286. The van der Waals surface area contributed by atoms with Crippen LogP contribution in [-0.2, 0) is 19.5 Å². The normalized spacial score (nSPS) is 26.4. The van der Waals surface area contributed by atoms with E-state index in [1.54, 1.807) is 0 Å². The van der Waals surface area contributed by atoms with Crippen LogP contribution in [-0.4, -0.2) is 24.2 Å². The van der Waals surface area contributed by atoms with Crippen molar-refractivity contribution in [2.45, 2.75) is 83.3 Å². The Morgan fingerprint density at radius 3 is 2.15 bits per heavy atom. The van der Waals surface area contributed by atoms with Gasteiger partial charge in [0.05, 0.1) is 21.9 Å². The molecular weight excluding hydrogens is 433 g/mol. The molecule has 3 aliphatic rings. The zero-order valence-electron chi connectivity index (χ0n) is 20.3. The number of fused-ring (bicyclic) bond motifs is 1. The highest BCUT2D eigenvalue weighted by molar-refractivity contribution is 6.62. The minimum atomic E-state index is -0.721. The number of hydrogen-bond acceptors (Lipinski definition) is 3. The number of anilines is 1. The lowest BCUT2D eigenvalue weighted by Gasteiger charge is -2.39. The fourth-order valence-corrected chi connectivity index (χ4v) is 6.02. The minimum Gasteiger partial charge on any atom is -0.399 e. The molecule has 1 amide bonds. The van der Waals surface area contributed by atoms with Gasteiger partial charge in [-0.3, -0.25) is 4.79 Å². The molecule has 0 spiro atoms. The van der Waals surface area contributed by atoms with E-state index in [4.69, 9.17) is 20.9 Å². The molecule has 0 bridgehead atoms. The van der Waals surface area contributed by atoms with E-state index in [9.17, 15) is 4.79 Å². The average molecular weight is 466 g/mol. The van der Waals surface area contributed by atoms with Gasteiger partial charge in [0.2, 0.25) is 5.91 Å². The lowest BCUT2D eigenvalue weighted by molar-refractivity contribution is -0.121. The molecule has 1 saturated carbocycles. The molecule has 0 radical (unpaired) electrons. The Bertz CT molecular complexity index is 1080. The number of carbonyl (C=O) groups excluding carboxylic acids is 1. The zero-order valence-corrected chi connectivity index (χ0v) is 21.0. The SMILES string of the molecule is Cc1ccc2c(c1Cl)NC(=O)C2(c1ccc(B2OC(C)(C)C(C)(C)O2)cc1)C1CCCCC1. The number of carbonyl (C=O) groups is 1. The van der Waals surface area contributed by atoms with E-state index in [0.717, 1.165) is 53.5 Å². The van der Waals surface area contributed by atoms with Crippen LogP contribution in [0.2, 0.25) is 5.02 Å². The predicted molar refractivity (Wildman–Crippen MR) is 134 cm³/mol. The van der Waals surface area contributed by atoms with Crippen LogP contribution in [0.4, 0.5) is 5.69 Å². The van der Waals surface area contributed by atoms with Crippen LogP contribution in [0.5, 0.6) is 0 Å². The second kappa shape index (κ2) is 7.86. The molecular formula is C27H33BClNO3. The largest absolute Gasteiger partial charge is 0.494 e. The number of halogens is 1. The summed E-state index contributed by atoms with van der Waals surface area (Å²) in [5, 5.41) is 3.81. The molecule has 1 saturated heterocycles. The summed E-state index contributed by atoms with van der Waals surface area (Å²) < 4.78 is 12.5. The molecule has 2 aromatic carbocycles. The van der Waals surface area contributed by atoms with Crippen LogP contribution in [0.1, 0.15) is 76.5 Å². The van der Waals surface area contributed by atoms with Gasteiger partial charge < -0.3 is 14.6 Å². The van der Waals surface area contributed by atoms with Crippen molar-refractivity contribution in [2.75, 3.05) is 5.32 Å². The topological polar surface area (TPSA) is 47.6 Å². The van der Waals surface area contributed by atoms with E-state index in [0.29, 0.717) is 5.02 Å². The molecule has 1 aliphatic carbocycles. The van der Waals surface area contributed by atoms with E-state index >= 15 is 0 Å². The molecule has 1 N–H and O–H groups in total.